The SMILES string of the molecule is CC(C)(C)c1ccc(C(=O)Nc2sc3c(c2C(N)=O)CCC3)cc1. The van der Waals surface area contributed by atoms with Gasteiger partial charge in [-0.15, -0.1) is 11.3 Å². The van der Waals surface area contributed by atoms with Gasteiger partial charge in [-0.25, -0.2) is 0 Å². The van der Waals surface area contributed by atoms with Gasteiger partial charge in [-0.3, -0.25) is 9.59 Å². The predicted molar refractivity (Wildman–Crippen MR) is 98.0 cm³/mol. The normalized spacial score (nSPS) is 13.6. The Morgan fingerprint density at radius 2 is 1.79 bits per heavy atom. The van der Waals surface area contributed by atoms with Gasteiger partial charge < -0.3 is 11.1 Å². The number of benzene rings is 1. The number of amides is 2. The van der Waals surface area contributed by atoms with Gasteiger partial charge in [0.25, 0.3) is 11.8 Å². The summed E-state index contributed by atoms with van der Waals surface area (Å²) in [6.45, 7) is 6.40. The van der Waals surface area contributed by atoms with Gasteiger partial charge in [0, 0.05) is 10.4 Å². The molecule has 0 fully saturated rings. The lowest BCUT2D eigenvalue weighted by molar-refractivity contribution is 0.100. The summed E-state index contributed by atoms with van der Waals surface area (Å²) in [5.41, 5.74) is 8.84. The van der Waals surface area contributed by atoms with Crippen molar-refractivity contribution < 1.29 is 9.59 Å². The molecule has 1 aromatic heterocycles. The molecule has 0 atom stereocenters. The number of carbonyl (C=O) groups is 2. The molecule has 0 unspecified atom stereocenters. The molecule has 3 rings (SSSR count). The van der Waals surface area contributed by atoms with Gasteiger partial charge in [0.05, 0.1) is 5.56 Å². The average molecular weight is 342 g/mol. The molecule has 0 radical (unpaired) electrons. The molecule has 0 aliphatic heterocycles. The van der Waals surface area contributed by atoms with Crippen LogP contribution in [-0.2, 0) is 18.3 Å². The monoisotopic (exact) mass is 342 g/mol. The number of thiophene rings is 1. The van der Waals surface area contributed by atoms with E-state index < -0.39 is 5.91 Å². The van der Waals surface area contributed by atoms with Crippen LogP contribution in [0.5, 0.6) is 0 Å². The van der Waals surface area contributed by atoms with Crippen LogP contribution >= 0.6 is 11.3 Å². The summed E-state index contributed by atoms with van der Waals surface area (Å²) in [5, 5.41) is 3.46. The molecule has 0 saturated carbocycles. The molecule has 1 aliphatic carbocycles. The molecular weight excluding hydrogens is 320 g/mol. The fourth-order valence-electron chi connectivity index (χ4n) is 3.05. The molecule has 0 saturated heterocycles. The van der Waals surface area contributed by atoms with Crippen LogP contribution in [0.1, 0.15) is 63.9 Å². The molecule has 1 aromatic carbocycles. The van der Waals surface area contributed by atoms with Crippen molar-refractivity contribution in [2.45, 2.75) is 45.4 Å². The summed E-state index contributed by atoms with van der Waals surface area (Å²) in [5.74, 6) is -0.675. The fraction of sp³-hybridized carbons (Fsp3) is 0.368. The van der Waals surface area contributed by atoms with Crippen molar-refractivity contribution in [1.82, 2.24) is 0 Å². The topological polar surface area (TPSA) is 72.2 Å². The fourth-order valence-corrected chi connectivity index (χ4v) is 4.34. The minimum atomic E-state index is -0.465. The number of hydrogen-bond donors (Lipinski definition) is 2. The predicted octanol–water partition coefficient (Wildman–Crippen LogP) is 3.89. The molecule has 2 aromatic rings. The Labute approximate surface area is 146 Å². The first-order chi connectivity index (χ1) is 11.3. The second kappa shape index (κ2) is 6.06. The van der Waals surface area contributed by atoms with Crippen molar-refractivity contribution in [3.8, 4) is 0 Å². The molecule has 24 heavy (non-hydrogen) atoms. The lowest BCUT2D eigenvalue weighted by Crippen LogP contribution is -2.18. The Kier molecular flexibility index (Phi) is 4.22. The van der Waals surface area contributed by atoms with E-state index >= 15 is 0 Å². The highest BCUT2D eigenvalue weighted by atomic mass is 32.1. The largest absolute Gasteiger partial charge is 0.365 e. The summed E-state index contributed by atoms with van der Waals surface area (Å²) < 4.78 is 0. The number of nitrogens with two attached hydrogens (primary N) is 1. The first-order valence-electron chi connectivity index (χ1n) is 8.13. The van der Waals surface area contributed by atoms with Crippen molar-refractivity contribution in [1.29, 1.82) is 0 Å². The van der Waals surface area contributed by atoms with Gasteiger partial charge in [0.2, 0.25) is 0 Å². The van der Waals surface area contributed by atoms with Crippen LogP contribution in [0.3, 0.4) is 0 Å². The number of fused-ring (bicyclic) bond motifs is 1. The van der Waals surface area contributed by atoms with E-state index in [4.69, 9.17) is 5.73 Å². The summed E-state index contributed by atoms with van der Waals surface area (Å²) in [6.07, 6.45) is 2.86. The number of primary amides is 1. The van der Waals surface area contributed by atoms with Gasteiger partial charge in [0.15, 0.2) is 0 Å². The molecule has 0 spiro atoms. The second-order valence-corrected chi connectivity index (χ2v) is 8.31. The first-order valence-corrected chi connectivity index (χ1v) is 8.95. The van der Waals surface area contributed by atoms with Crippen LogP contribution in [-0.4, -0.2) is 11.8 Å². The molecule has 4 nitrogen and oxygen atoms in total. The second-order valence-electron chi connectivity index (χ2n) is 7.21. The quantitative estimate of drug-likeness (QED) is 0.888. The van der Waals surface area contributed by atoms with Crippen LogP contribution in [0.25, 0.3) is 0 Å². The zero-order valence-corrected chi connectivity index (χ0v) is 15.0. The van der Waals surface area contributed by atoms with E-state index in [1.54, 1.807) is 0 Å². The zero-order valence-electron chi connectivity index (χ0n) is 14.2. The number of anilines is 1. The highest BCUT2D eigenvalue weighted by molar-refractivity contribution is 7.17. The molecule has 126 valence electrons. The third-order valence-corrected chi connectivity index (χ3v) is 5.62. The van der Waals surface area contributed by atoms with E-state index in [-0.39, 0.29) is 11.3 Å². The maximum atomic E-state index is 12.5. The van der Waals surface area contributed by atoms with Gasteiger partial charge in [0.1, 0.15) is 5.00 Å². The number of aryl methyl sites for hydroxylation is 1. The zero-order chi connectivity index (χ0) is 17.5. The number of nitrogens with one attached hydrogen (secondary N) is 1. The summed E-state index contributed by atoms with van der Waals surface area (Å²) in [4.78, 5) is 25.5. The van der Waals surface area contributed by atoms with Gasteiger partial charge in [-0.1, -0.05) is 32.9 Å². The minimum absolute atomic E-state index is 0.0443. The van der Waals surface area contributed by atoms with Crippen LogP contribution in [0.15, 0.2) is 24.3 Å². The van der Waals surface area contributed by atoms with Crippen molar-refractivity contribution in [2.24, 2.45) is 5.73 Å². The van der Waals surface area contributed by atoms with Crippen molar-refractivity contribution >= 4 is 28.2 Å². The average Bonchev–Trinajstić information content (AvgIpc) is 3.06. The van der Waals surface area contributed by atoms with Crippen molar-refractivity contribution in [2.75, 3.05) is 5.32 Å². The Hall–Kier alpha value is -2.14. The molecule has 3 N–H and O–H groups in total. The summed E-state index contributed by atoms with van der Waals surface area (Å²) in [7, 11) is 0. The van der Waals surface area contributed by atoms with Crippen LogP contribution in [0, 0.1) is 0 Å². The highest BCUT2D eigenvalue weighted by Crippen LogP contribution is 2.39. The molecule has 2 amide bonds. The molecule has 1 aliphatic rings. The standard InChI is InChI=1S/C19H22N2O2S/c1-19(2,3)12-9-7-11(8-10-12)17(23)21-18-15(16(20)22)13-5-4-6-14(13)24-18/h7-10H,4-6H2,1-3H3,(H2,20,22)(H,21,23). The number of rotatable bonds is 3. The lowest BCUT2D eigenvalue weighted by Gasteiger charge is -2.19. The highest BCUT2D eigenvalue weighted by Gasteiger charge is 2.26. The van der Waals surface area contributed by atoms with Gasteiger partial charge >= 0.3 is 0 Å². The lowest BCUT2D eigenvalue weighted by atomic mass is 9.87. The van der Waals surface area contributed by atoms with Gasteiger partial charge in [-0.05, 0) is 47.9 Å². The maximum Gasteiger partial charge on any atom is 0.256 e. The van der Waals surface area contributed by atoms with Crippen LogP contribution in [0.4, 0.5) is 5.00 Å². The third kappa shape index (κ3) is 3.08. The Bertz CT molecular complexity index is 798. The summed E-state index contributed by atoms with van der Waals surface area (Å²) >= 11 is 1.47. The number of carbonyl (C=O) groups excluding carboxylic acids is 2. The van der Waals surface area contributed by atoms with Crippen molar-refractivity contribution in [3.05, 3.63) is 51.4 Å². The Morgan fingerprint density at radius 1 is 1.12 bits per heavy atom. The molecule has 5 heteroatoms. The minimum Gasteiger partial charge on any atom is -0.365 e. The van der Waals surface area contributed by atoms with Crippen molar-refractivity contribution in [3.63, 3.8) is 0 Å². The van der Waals surface area contributed by atoms with E-state index in [1.165, 1.54) is 21.8 Å². The van der Waals surface area contributed by atoms with Crippen LogP contribution < -0.4 is 11.1 Å². The smallest absolute Gasteiger partial charge is 0.256 e. The van der Waals surface area contributed by atoms with Crippen LogP contribution in [0.2, 0.25) is 0 Å². The summed E-state index contributed by atoms with van der Waals surface area (Å²) in [6, 6.07) is 7.58. The number of hydrogen-bond acceptors (Lipinski definition) is 3. The molecule has 0 bridgehead atoms. The van der Waals surface area contributed by atoms with E-state index in [1.807, 2.05) is 24.3 Å². The maximum absolute atomic E-state index is 12.5. The van der Waals surface area contributed by atoms with E-state index in [0.29, 0.717) is 16.1 Å². The Balaban J connectivity index is 1.84. The van der Waals surface area contributed by atoms with E-state index in [2.05, 4.69) is 26.1 Å². The Morgan fingerprint density at radius 3 is 2.38 bits per heavy atom. The van der Waals surface area contributed by atoms with Gasteiger partial charge in [-0.2, -0.15) is 0 Å². The van der Waals surface area contributed by atoms with E-state index in [9.17, 15) is 9.59 Å². The molecular formula is C19H22N2O2S. The third-order valence-electron chi connectivity index (χ3n) is 4.41. The first kappa shape index (κ1) is 16.7. The van der Waals surface area contributed by atoms with E-state index in [0.717, 1.165) is 24.8 Å². The molecule has 1 heterocycles.